The molecule has 2 aromatic rings. The second-order valence-electron chi connectivity index (χ2n) is 5.04. The molecule has 1 aromatic carbocycles. The van der Waals surface area contributed by atoms with Gasteiger partial charge in [-0.1, -0.05) is 5.16 Å². The van der Waals surface area contributed by atoms with Crippen LogP contribution >= 0.6 is 12.4 Å². The number of aromatic nitrogens is 2. The summed E-state index contributed by atoms with van der Waals surface area (Å²) in [5, 5.41) is 7.30. The molecule has 1 N–H and O–H groups in total. The highest BCUT2D eigenvalue weighted by Gasteiger charge is 2.20. The Morgan fingerprint density at radius 1 is 1.38 bits per heavy atom. The summed E-state index contributed by atoms with van der Waals surface area (Å²) in [7, 11) is 0. The van der Waals surface area contributed by atoms with Crippen molar-refractivity contribution in [2.45, 2.75) is 19.5 Å². The zero-order valence-corrected chi connectivity index (χ0v) is 12.6. The molecule has 0 amide bonds. The molecular formula is C14H18ClFN4O. The molecule has 114 valence electrons. The number of piperazine rings is 1. The molecule has 0 bridgehead atoms. The maximum Gasteiger partial charge on any atom is 0.241 e. The fourth-order valence-corrected chi connectivity index (χ4v) is 2.33. The molecule has 0 spiro atoms. The summed E-state index contributed by atoms with van der Waals surface area (Å²) in [5.74, 6) is 0.827. The van der Waals surface area contributed by atoms with E-state index < -0.39 is 0 Å². The van der Waals surface area contributed by atoms with Crippen molar-refractivity contribution in [3.8, 4) is 11.4 Å². The van der Waals surface area contributed by atoms with E-state index in [1.54, 1.807) is 12.1 Å². The van der Waals surface area contributed by atoms with Crippen molar-refractivity contribution in [2.24, 2.45) is 0 Å². The lowest BCUT2D eigenvalue weighted by atomic mass is 10.2. The summed E-state index contributed by atoms with van der Waals surface area (Å²) in [5.41, 5.74) is 0.759. The highest BCUT2D eigenvalue weighted by atomic mass is 35.5. The maximum atomic E-state index is 12.9. The first kappa shape index (κ1) is 15.9. The van der Waals surface area contributed by atoms with E-state index in [1.165, 1.54) is 12.1 Å². The van der Waals surface area contributed by atoms with Crippen LogP contribution in [0.2, 0.25) is 0 Å². The van der Waals surface area contributed by atoms with Gasteiger partial charge in [-0.15, -0.1) is 12.4 Å². The number of hydrogen-bond acceptors (Lipinski definition) is 5. The van der Waals surface area contributed by atoms with Crippen molar-refractivity contribution in [1.82, 2.24) is 20.4 Å². The Kier molecular flexibility index (Phi) is 5.27. The highest BCUT2D eigenvalue weighted by molar-refractivity contribution is 5.85. The molecule has 7 heteroatoms. The van der Waals surface area contributed by atoms with Crippen LogP contribution in [0.3, 0.4) is 0 Å². The second kappa shape index (κ2) is 6.98. The molecule has 5 nitrogen and oxygen atoms in total. The summed E-state index contributed by atoms with van der Waals surface area (Å²) < 4.78 is 18.2. The van der Waals surface area contributed by atoms with Crippen LogP contribution in [0.1, 0.15) is 12.8 Å². The molecule has 0 saturated carbocycles. The van der Waals surface area contributed by atoms with Gasteiger partial charge in [-0.2, -0.15) is 4.98 Å². The van der Waals surface area contributed by atoms with E-state index in [4.69, 9.17) is 4.52 Å². The zero-order chi connectivity index (χ0) is 13.9. The first-order valence-corrected chi connectivity index (χ1v) is 6.75. The number of rotatable bonds is 3. The first-order valence-electron chi connectivity index (χ1n) is 6.75. The van der Waals surface area contributed by atoms with E-state index in [0.717, 1.165) is 25.2 Å². The third kappa shape index (κ3) is 3.78. The third-order valence-electron chi connectivity index (χ3n) is 3.55. The predicted octanol–water partition coefficient (Wildman–Crippen LogP) is 2.09. The minimum absolute atomic E-state index is 0. The van der Waals surface area contributed by atoms with E-state index in [1.807, 2.05) is 0 Å². The minimum atomic E-state index is -0.271. The Labute approximate surface area is 128 Å². The summed E-state index contributed by atoms with van der Waals surface area (Å²) >= 11 is 0. The molecule has 1 atom stereocenters. The summed E-state index contributed by atoms with van der Waals surface area (Å²) in [6.07, 6.45) is 0. The van der Waals surface area contributed by atoms with Crippen molar-refractivity contribution in [1.29, 1.82) is 0 Å². The molecule has 21 heavy (non-hydrogen) atoms. The van der Waals surface area contributed by atoms with E-state index in [0.29, 0.717) is 24.3 Å². The van der Waals surface area contributed by atoms with Gasteiger partial charge < -0.3 is 9.84 Å². The molecule has 1 saturated heterocycles. The van der Waals surface area contributed by atoms with Gasteiger partial charge >= 0.3 is 0 Å². The summed E-state index contributed by atoms with van der Waals surface area (Å²) in [6.45, 7) is 5.73. The van der Waals surface area contributed by atoms with Crippen LogP contribution in [0.25, 0.3) is 11.4 Å². The number of nitrogens with zero attached hydrogens (tertiary/aromatic N) is 3. The predicted molar refractivity (Wildman–Crippen MR) is 79.7 cm³/mol. The van der Waals surface area contributed by atoms with Gasteiger partial charge in [0.05, 0.1) is 6.54 Å². The fourth-order valence-electron chi connectivity index (χ4n) is 2.33. The van der Waals surface area contributed by atoms with Crippen molar-refractivity contribution in [2.75, 3.05) is 19.6 Å². The smallest absolute Gasteiger partial charge is 0.241 e. The largest absolute Gasteiger partial charge is 0.338 e. The minimum Gasteiger partial charge on any atom is -0.338 e. The SMILES string of the molecule is C[C@H]1CNCCN1Cc1nc(-c2ccc(F)cc2)no1.Cl. The van der Waals surface area contributed by atoms with Crippen LogP contribution in [0.5, 0.6) is 0 Å². The normalized spacial score (nSPS) is 19.2. The Hall–Kier alpha value is -1.50. The lowest BCUT2D eigenvalue weighted by Crippen LogP contribution is -2.49. The monoisotopic (exact) mass is 312 g/mol. The van der Waals surface area contributed by atoms with Gasteiger partial charge in [-0.05, 0) is 31.2 Å². The molecule has 0 radical (unpaired) electrons. The van der Waals surface area contributed by atoms with Gasteiger partial charge in [0.15, 0.2) is 0 Å². The maximum absolute atomic E-state index is 12.9. The second-order valence-corrected chi connectivity index (χ2v) is 5.04. The molecule has 1 aliphatic heterocycles. The van der Waals surface area contributed by atoms with Crippen molar-refractivity contribution in [3.05, 3.63) is 36.0 Å². The van der Waals surface area contributed by atoms with E-state index in [2.05, 4.69) is 27.3 Å². The Morgan fingerprint density at radius 2 is 2.14 bits per heavy atom. The topological polar surface area (TPSA) is 54.2 Å². The van der Waals surface area contributed by atoms with Gasteiger partial charge in [0.2, 0.25) is 11.7 Å². The standard InChI is InChI=1S/C14H17FN4O.ClH/c1-10-8-16-6-7-19(10)9-13-17-14(18-20-13)11-2-4-12(15)5-3-11;/h2-5,10,16H,6-9H2,1H3;1H/t10-;/m0./s1. The van der Waals surface area contributed by atoms with Gasteiger partial charge in [-0.25, -0.2) is 4.39 Å². The Balaban J connectivity index is 0.00000161. The van der Waals surface area contributed by atoms with Crippen LogP contribution in [-0.4, -0.2) is 40.7 Å². The summed E-state index contributed by atoms with van der Waals surface area (Å²) in [6, 6.07) is 6.53. The van der Waals surface area contributed by atoms with Gasteiger partial charge in [0.25, 0.3) is 0 Å². The lowest BCUT2D eigenvalue weighted by molar-refractivity contribution is 0.146. The molecule has 1 aromatic heterocycles. The lowest BCUT2D eigenvalue weighted by Gasteiger charge is -2.32. The first-order chi connectivity index (χ1) is 9.72. The average Bonchev–Trinajstić information content (AvgIpc) is 2.91. The zero-order valence-electron chi connectivity index (χ0n) is 11.8. The number of nitrogens with one attached hydrogen (secondary N) is 1. The molecular weight excluding hydrogens is 295 g/mol. The number of halogens is 2. The third-order valence-corrected chi connectivity index (χ3v) is 3.55. The summed E-state index contributed by atoms with van der Waals surface area (Å²) in [4.78, 5) is 6.68. The number of hydrogen-bond donors (Lipinski definition) is 1. The molecule has 0 aliphatic carbocycles. The van der Waals surface area contributed by atoms with Gasteiger partial charge in [0.1, 0.15) is 5.82 Å². The number of benzene rings is 1. The Bertz CT molecular complexity index is 575. The van der Waals surface area contributed by atoms with Crippen LogP contribution in [0.4, 0.5) is 4.39 Å². The van der Waals surface area contributed by atoms with Crippen molar-refractivity contribution < 1.29 is 8.91 Å². The molecule has 2 heterocycles. The van der Waals surface area contributed by atoms with Gasteiger partial charge in [-0.3, -0.25) is 4.90 Å². The van der Waals surface area contributed by atoms with Crippen molar-refractivity contribution in [3.63, 3.8) is 0 Å². The fraction of sp³-hybridized carbons (Fsp3) is 0.429. The molecule has 3 rings (SSSR count). The quantitative estimate of drug-likeness (QED) is 0.940. The van der Waals surface area contributed by atoms with E-state index in [-0.39, 0.29) is 18.2 Å². The van der Waals surface area contributed by atoms with E-state index >= 15 is 0 Å². The molecule has 1 fully saturated rings. The van der Waals surface area contributed by atoms with Crippen LogP contribution in [0.15, 0.2) is 28.8 Å². The highest BCUT2D eigenvalue weighted by Crippen LogP contribution is 2.17. The van der Waals surface area contributed by atoms with E-state index in [9.17, 15) is 4.39 Å². The van der Waals surface area contributed by atoms with Crippen LogP contribution < -0.4 is 5.32 Å². The van der Waals surface area contributed by atoms with Gasteiger partial charge in [0, 0.05) is 31.2 Å². The van der Waals surface area contributed by atoms with Crippen LogP contribution in [-0.2, 0) is 6.54 Å². The average molecular weight is 313 g/mol. The van der Waals surface area contributed by atoms with Crippen LogP contribution in [0, 0.1) is 5.82 Å². The molecule has 0 unspecified atom stereocenters. The molecule has 1 aliphatic rings. The van der Waals surface area contributed by atoms with Crippen molar-refractivity contribution >= 4 is 12.4 Å². The Morgan fingerprint density at radius 3 is 2.86 bits per heavy atom.